The standard InChI is InChI=1S/C38H43N2O3/c1-23(2)18-25-12-13-27(29-15-17-43-37(25)29)33-20-34-31-19-32(38(4,5)6)26-10-8-9-11-28(26)35(31)30(14-16-42-7)36(24(3)21-41)40(34)22-39-33/h8-13,15,17,19-20,22-23,30,36,41H,3,14,16,18,21H2,1-2,4-7H3/q+1. The Labute approximate surface area is 254 Å². The smallest absolute Gasteiger partial charge is 0.287 e. The molecule has 43 heavy (non-hydrogen) atoms. The molecule has 1 aliphatic rings. The number of aliphatic hydroxyl groups is 1. The summed E-state index contributed by atoms with van der Waals surface area (Å²) < 4.78 is 13.9. The number of benzene rings is 3. The Kier molecular flexibility index (Phi) is 7.74. The highest BCUT2D eigenvalue weighted by atomic mass is 16.5. The van der Waals surface area contributed by atoms with Gasteiger partial charge in [0.05, 0.1) is 12.9 Å². The van der Waals surface area contributed by atoms with E-state index < -0.39 is 0 Å². The molecule has 0 spiro atoms. The Hall–Kier alpha value is -3.80. The lowest BCUT2D eigenvalue weighted by molar-refractivity contribution is -0.712. The average Bonchev–Trinajstić information content (AvgIpc) is 3.48. The SMILES string of the molecule is C=C(CO)C1C(CCOC)c2c(cc(C(C)(C)C)c3ccccc23)-c2cc(-c3ccc(CC(C)C)c4occc34)nc[n+]21. The number of hydrogen-bond donors (Lipinski definition) is 1. The van der Waals surface area contributed by atoms with Crippen LogP contribution in [0, 0.1) is 5.92 Å². The maximum absolute atomic E-state index is 10.4. The third-order valence-corrected chi connectivity index (χ3v) is 8.95. The predicted molar refractivity (Wildman–Crippen MR) is 174 cm³/mol. The van der Waals surface area contributed by atoms with Gasteiger partial charge in [0.1, 0.15) is 17.3 Å². The molecule has 0 saturated carbocycles. The van der Waals surface area contributed by atoms with E-state index in [4.69, 9.17) is 14.1 Å². The highest BCUT2D eigenvalue weighted by molar-refractivity contribution is 5.97. The number of aromatic nitrogens is 2. The van der Waals surface area contributed by atoms with Gasteiger partial charge in [-0.15, -0.1) is 0 Å². The van der Waals surface area contributed by atoms with Gasteiger partial charge in [0.25, 0.3) is 6.33 Å². The van der Waals surface area contributed by atoms with Gasteiger partial charge in [-0.3, -0.25) is 0 Å². The van der Waals surface area contributed by atoms with E-state index >= 15 is 0 Å². The molecular weight excluding hydrogens is 532 g/mol. The molecule has 0 radical (unpaired) electrons. The molecule has 222 valence electrons. The largest absolute Gasteiger partial charge is 0.464 e. The zero-order valence-corrected chi connectivity index (χ0v) is 26.3. The number of fused-ring (bicyclic) bond motifs is 6. The summed E-state index contributed by atoms with van der Waals surface area (Å²) in [6, 6.07) is 19.6. The Morgan fingerprint density at radius 3 is 2.51 bits per heavy atom. The molecule has 5 aromatic rings. The number of furan rings is 1. The first kappa shape index (κ1) is 29.3. The fourth-order valence-corrected chi connectivity index (χ4v) is 7.06. The van der Waals surface area contributed by atoms with E-state index in [1.165, 1.54) is 33.0 Å². The van der Waals surface area contributed by atoms with Gasteiger partial charge in [0.15, 0.2) is 5.69 Å². The molecule has 3 heterocycles. The number of rotatable bonds is 8. The molecule has 0 saturated heterocycles. The average molecular weight is 576 g/mol. The highest BCUT2D eigenvalue weighted by Gasteiger charge is 2.41. The van der Waals surface area contributed by atoms with Crippen molar-refractivity contribution in [2.75, 3.05) is 20.3 Å². The van der Waals surface area contributed by atoms with Gasteiger partial charge >= 0.3 is 0 Å². The number of nitrogens with zero attached hydrogens (tertiary/aromatic N) is 2. The molecule has 0 amide bonds. The second-order valence-corrected chi connectivity index (χ2v) is 13.4. The maximum Gasteiger partial charge on any atom is 0.287 e. The van der Waals surface area contributed by atoms with Gasteiger partial charge in [0.2, 0.25) is 0 Å². The van der Waals surface area contributed by atoms with Gasteiger partial charge < -0.3 is 14.3 Å². The summed E-state index contributed by atoms with van der Waals surface area (Å²) in [5.74, 6) is 0.595. The van der Waals surface area contributed by atoms with Crippen LogP contribution in [-0.4, -0.2) is 30.4 Å². The molecule has 0 fully saturated rings. The van der Waals surface area contributed by atoms with Crippen LogP contribution in [0.25, 0.3) is 44.3 Å². The predicted octanol–water partition coefficient (Wildman–Crippen LogP) is 8.32. The topological polar surface area (TPSA) is 59.4 Å². The maximum atomic E-state index is 10.4. The van der Waals surface area contributed by atoms with Crippen LogP contribution in [-0.2, 0) is 16.6 Å². The summed E-state index contributed by atoms with van der Waals surface area (Å²) in [4.78, 5) is 5.04. The first-order valence-electron chi connectivity index (χ1n) is 15.4. The molecule has 2 aromatic heterocycles. The Balaban J connectivity index is 1.65. The highest BCUT2D eigenvalue weighted by Crippen LogP contribution is 2.48. The van der Waals surface area contributed by atoms with E-state index in [0.717, 1.165) is 46.3 Å². The second kappa shape index (κ2) is 11.4. The summed E-state index contributed by atoms with van der Waals surface area (Å²) in [7, 11) is 1.75. The number of ether oxygens (including phenoxy) is 1. The number of methoxy groups -OCH3 is 1. The Bertz CT molecular complexity index is 1830. The Morgan fingerprint density at radius 1 is 1.05 bits per heavy atom. The molecule has 2 unspecified atom stereocenters. The fraction of sp³-hybridized carbons (Fsp3) is 0.368. The van der Waals surface area contributed by atoms with Crippen molar-refractivity contribution in [1.82, 2.24) is 4.98 Å². The first-order valence-corrected chi connectivity index (χ1v) is 15.4. The molecule has 5 nitrogen and oxygen atoms in total. The van der Waals surface area contributed by atoms with Crippen LogP contribution in [0.5, 0.6) is 0 Å². The molecule has 5 heteroatoms. The third kappa shape index (κ3) is 5.09. The lowest BCUT2D eigenvalue weighted by Crippen LogP contribution is -2.49. The minimum Gasteiger partial charge on any atom is -0.464 e. The van der Waals surface area contributed by atoms with Gasteiger partial charge in [-0.05, 0) is 80.4 Å². The van der Waals surface area contributed by atoms with Crippen molar-refractivity contribution in [1.29, 1.82) is 0 Å². The van der Waals surface area contributed by atoms with E-state index in [2.05, 4.69) is 100 Å². The first-order chi connectivity index (χ1) is 20.6. The van der Waals surface area contributed by atoms with Crippen LogP contribution in [0.4, 0.5) is 0 Å². The lowest BCUT2D eigenvalue weighted by atomic mass is 9.73. The van der Waals surface area contributed by atoms with E-state index in [1.807, 2.05) is 6.33 Å². The number of hydrogen-bond acceptors (Lipinski definition) is 4. The summed E-state index contributed by atoms with van der Waals surface area (Å²) in [5, 5.41) is 14.0. The third-order valence-electron chi connectivity index (χ3n) is 8.95. The van der Waals surface area contributed by atoms with Crippen LogP contribution in [0.3, 0.4) is 0 Å². The van der Waals surface area contributed by atoms with E-state index in [1.54, 1.807) is 13.4 Å². The second-order valence-electron chi connectivity index (χ2n) is 13.4. The molecular formula is C38H43N2O3+. The van der Waals surface area contributed by atoms with Gasteiger partial charge in [0, 0.05) is 42.2 Å². The van der Waals surface area contributed by atoms with Gasteiger partial charge in [-0.1, -0.05) is 71.5 Å². The van der Waals surface area contributed by atoms with Crippen LogP contribution < -0.4 is 4.57 Å². The van der Waals surface area contributed by atoms with Gasteiger partial charge in [-0.2, -0.15) is 0 Å². The zero-order valence-electron chi connectivity index (χ0n) is 26.3. The molecule has 0 aliphatic carbocycles. The van der Waals surface area contributed by atoms with E-state index in [9.17, 15) is 5.11 Å². The lowest BCUT2D eigenvalue weighted by Gasteiger charge is -2.36. The summed E-state index contributed by atoms with van der Waals surface area (Å²) in [5.41, 5.74) is 9.70. The van der Waals surface area contributed by atoms with Crippen LogP contribution >= 0.6 is 0 Å². The molecule has 1 aliphatic heterocycles. The molecule has 0 bridgehead atoms. The molecule has 6 rings (SSSR count). The number of aliphatic hydroxyl groups excluding tert-OH is 1. The van der Waals surface area contributed by atoms with E-state index in [0.29, 0.717) is 12.5 Å². The minimum absolute atomic E-state index is 0.0574. The fourth-order valence-electron chi connectivity index (χ4n) is 7.06. The van der Waals surface area contributed by atoms with Crippen molar-refractivity contribution < 1.29 is 18.8 Å². The van der Waals surface area contributed by atoms with Crippen LogP contribution in [0.15, 0.2) is 83.8 Å². The Morgan fingerprint density at radius 2 is 1.81 bits per heavy atom. The molecule has 1 N–H and O–H groups in total. The summed E-state index contributed by atoms with van der Waals surface area (Å²) in [6.45, 7) is 16.2. The summed E-state index contributed by atoms with van der Waals surface area (Å²) in [6.07, 6.45) is 5.48. The van der Waals surface area contributed by atoms with Crippen molar-refractivity contribution in [2.45, 2.75) is 64.8 Å². The van der Waals surface area contributed by atoms with E-state index in [-0.39, 0.29) is 24.0 Å². The van der Waals surface area contributed by atoms with Crippen molar-refractivity contribution in [3.05, 3.63) is 96.0 Å². The normalized spacial score (nSPS) is 16.6. The van der Waals surface area contributed by atoms with Crippen molar-refractivity contribution in [2.24, 2.45) is 5.92 Å². The van der Waals surface area contributed by atoms with Crippen molar-refractivity contribution in [3.8, 4) is 22.5 Å². The monoisotopic (exact) mass is 575 g/mol. The zero-order chi connectivity index (χ0) is 30.5. The van der Waals surface area contributed by atoms with Gasteiger partial charge in [-0.25, -0.2) is 4.57 Å². The minimum atomic E-state index is -0.157. The molecule has 2 atom stereocenters. The quantitative estimate of drug-likeness (QED) is 0.149. The van der Waals surface area contributed by atoms with Crippen LogP contribution in [0.1, 0.15) is 69.7 Å². The van der Waals surface area contributed by atoms with Crippen molar-refractivity contribution >= 4 is 21.7 Å². The molecule has 3 aromatic carbocycles. The van der Waals surface area contributed by atoms with Crippen molar-refractivity contribution in [3.63, 3.8) is 0 Å². The van der Waals surface area contributed by atoms with Crippen LogP contribution in [0.2, 0.25) is 0 Å². The summed E-state index contributed by atoms with van der Waals surface area (Å²) >= 11 is 0.